The Morgan fingerprint density at radius 3 is 2.52 bits per heavy atom. The number of carbonyl (C=O) groups excluding carboxylic acids is 1. The Morgan fingerprint density at radius 2 is 1.93 bits per heavy atom. The summed E-state index contributed by atoms with van der Waals surface area (Å²) in [7, 11) is 1.67. The molecule has 152 valence electrons. The normalized spacial score (nSPS) is 12.0. The second-order valence-electron chi connectivity index (χ2n) is 6.62. The van der Waals surface area contributed by atoms with E-state index in [2.05, 4.69) is 10.4 Å². The van der Waals surface area contributed by atoms with E-state index in [1.165, 1.54) is 23.3 Å². The third-order valence-electron chi connectivity index (χ3n) is 4.26. The summed E-state index contributed by atoms with van der Waals surface area (Å²) in [6.45, 7) is 1.09. The lowest BCUT2D eigenvalue weighted by atomic mass is 10.1. The molecule has 3 rings (SSSR count). The monoisotopic (exact) mass is 417 g/mol. The first kappa shape index (κ1) is 20.6. The van der Waals surface area contributed by atoms with Crippen molar-refractivity contribution in [2.24, 2.45) is 7.05 Å². The maximum Gasteiger partial charge on any atom is 0.336 e. The number of aliphatic hydroxyl groups is 1. The van der Waals surface area contributed by atoms with Gasteiger partial charge in [0.15, 0.2) is 0 Å². The third-order valence-corrected chi connectivity index (χ3v) is 4.51. The number of hydrogen-bond donors (Lipinski definition) is 2. The minimum absolute atomic E-state index is 0.230. The zero-order valence-electron chi connectivity index (χ0n) is 15.9. The van der Waals surface area contributed by atoms with Crippen molar-refractivity contribution in [3.8, 4) is 16.8 Å². The molecule has 0 fully saturated rings. The Morgan fingerprint density at radius 1 is 1.24 bits per heavy atom. The van der Waals surface area contributed by atoms with Gasteiger partial charge in [-0.25, -0.2) is 9.36 Å². The number of nitrogens with zero attached hydrogens (tertiary/aromatic N) is 4. The van der Waals surface area contributed by atoms with Crippen LogP contribution in [0.4, 0.5) is 0 Å². The molecule has 3 aromatic rings. The molecule has 1 aromatic carbocycles. The smallest absolute Gasteiger partial charge is 0.336 e. The number of halogens is 1. The molecule has 2 aromatic heterocycles. The second-order valence-corrected chi connectivity index (χ2v) is 7.06. The van der Waals surface area contributed by atoms with Gasteiger partial charge in [0.2, 0.25) is 5.91 Å². The van der Waals surface area contributed by atoms with Crippen molar-refractivity contribution in [2.45, 2.75) is 19.5 Å². The van der Waals surface area contributed by atoms with Gasteiger partial charge < -0.3 is 10.4 Å². The summed E-state index contributed by atoms with van der Waals surface area (Å²) in [6.07, 6.45) is 4.28. The zero-order valence-corrected chi connectivity index (χ0v) is 16.6. The van der Waals surface area contributed by atoms with Crippen LogP contribution in [0.25, 0.3) is 16.8 Å². The van der Waals surface area contributed by atoms with E-state index in [-0.39, 0.29) is 24.4 Å². The van der Waals surface area contributed by atoms with Gasteiger partial charge in [-0.1, -0.05) is 23.7 Å². The Hall–Kier alpha value is -3.17. The van der Waals surface area contributed by atoms with Crippen molar-refractivity contribution in [2.75, 3.05) is 6.61 Å². The largest absolute Gasteiger partial charge is 0.394 e. The van der Waals surface area contributed by atoms with Crippen LogP contribution in [0.15, 0.2) is 52.4 Å². The van der Waals surface area contributed by atoms with E-state index in [9.17, 15) is 14.4 Å². The van der Waals surface area contributed by atoms with Gasteiger partial charge in [0.25, 0.3) is 5.56 Å². The minimum atomic E-state index is -0.674. The summed E-state index contributed by atoms with van der Waals surface area (Å²) in [5.41, 5.74) is -0.141. The Kier molecular flexibility index (Phi) is 6.00. The summed E-state index contributed by atoms with van der Waals surface area (Å²) in [6, 6.07) is 6.13. The highest BCUT2D eigenvalue weighted by molar-refractivity contribution is 6.30. The highest BCUT2D eigenvalue weighted by Crippen LogP contribution is 2.18. The first-order valence-corrected chi connectivity index (χ1v) is 9.19. The fraction of sp³-hybridized carbons (Fsp3) is 0.263. The lowest BCUT2D eigenvalue weighted by Crippen LogP contribution is -2.43. The van der Waals surface area contributed by atoms with E-state index in [0.29, 0.717) is 10.6 Å². The predicted molar refractivity (Wildman–Crippen MR) is 108 cm³/mol. The zero-order chi connectivity index (χ0) is 21.1. The standard InChI is InChI=1S/C19H20ClN5O4/c1-12(11-26)22-17(27)10-24-9-16(13-3-5-14(20)6-4-13)18(28)25(19(24)29)15-7-21-23(2)8-15/h3-9,12,26H,10-11H2,1-2H3,(H,22,27). The van der Waals surface area contributed by atoms with E-state index >= 15 is 0 Å². The Balaban J connectivity index is 2.16. The molecule has 0 saturated heterocycles. The highest BCUT2D eigenvalue weighted by Gasteiger charge is 2.17. The second kappa shape index (κ2) is 8.46. The molecular formula is C19H20ClN5O4. The molecule has 1 unspecified atom stereocenters. The molecule has 29 heavy (non-hydrogen) atoms. The number of hydrogen-bond acceptors (Lipinski definition) is 5. The molecule has 0 spiro atoms. The van der Waals surface area contributed by atoms with Gasteiger partial charge in [-0.2, -0.15) is 5.10 Å². The molecule has 1 amide bonds. The predicted octanol–water partition coefficient (Wildman–Crippen LogP) is 0.550. The van der Waals surface area contributed by atoms with Crippen LogP contribution < -0.4 is 16.6 Å². The fourth-order valence-corrected chi connectivity index (χ4v) is 2.94. The maximum atomic E-state index is 13.1. The van der Waals surface area contributed by atoms with Crippen molar-refractivity contribution in [1.82, 2.24) is 24.2 Å². The Bertz CT molecular complexity index is 1150. The number of aromatic nitrogens is 4. The fourth-order valence-electron chi connectivity index (χ4n) is 2.82. The molecule has 2 N–H and O–H groups in total. The molecule has 0 radical (unpaired) electrons. The number of nitrogens with one attached hydrogen (secondary N) is 1. The van der Waals surface area contributed by atoms with Crippen LogP contribution in [-0.2, 0) is 18.4 Å². The van der Waals surface area contributed by atoms with Gasteiger partial charge in [0.1, 0.15) is 6.54 Å². The van der Waals surface area contributed by atoms with E-state index < -0.39 is 23.2 Å². The van der Waals surface area contributed by atoms with Crippen LogP contribution in [0, 0.1) is 0 Å². The van der Waals surface area contributed by atoms with Gasteiger partial charge in [-0.05, 0) is 24.6 Å². The van der Waals surface area contributed by atoms with Gasteiger partial charge in [-0.3, -0.25) is 18.8 Å². The molecule has 0 aliphatic heterocycles. The van der Waals surface area contributed by atoms with E-state index in [1.807, 2.05) is 0 Å². The van der Waals surface area contributed by atoms with Crippen LogP contribution >= 0.6 is 11.6 Å². The number of carbonyl (C=O) groups is 1. The quantitative estimate of drug-likeness (QED) is 0.608. The number of aryl methyl sites for hydroxylation is 1. The van der Waals surface area contributed by atoms with Crippen LogP contribution in [0.3, 0.4) is 0 Å². The molecule has 1 atom stereocenters. The number of rotatable bonds is 6. The topological polar surface area (TPSA) is 111 Å². The summed E-state index contributed by atoms with van der Waals surface area (Å²) >= 11 is 5.93. The number of benzene rings is 1. The molecule has 0 aliphatic rings. The van der Waals surface area contributed by atoms with E-state index in [0.717, 1.165) is 9.13 Å². The first-order chi connectivity index (χ1) is 13.8. The van der Waals surface area contributed by atoms with Crippen molar-refractivity contribution < 1.29 is 9.90 Å². The molecule has 9 nitrogen and oxygen atoms in total. The number of amides is 1. The average Bonchev–Trinajstić information content (AvgIpc) is 3.10. The summed E-state index contributed by atoms with van der Waals surface area (Å²) in [4.78, 5) is 38.3. The van der Waals surface area contributed by atoms with Crippen LogP contribution in [0.5, 0.6) is 0 Å². The van der Waals surface area contributed by atoms with Gasteiger partial charge in [0, 0.05) is 30.5 Å². The lowest BCUT2D eigenvalue weighted by molar-refractivity contribution is -0.122. The van der Waals surface area contributed by atoms with Crippen molar-refractivity contribution in [3.05, 3.63) is 68.7 Å². The minimum Gasteiger partial charge on any atom is -0.394 e. The first-order valence-electron chi connectivity index (χ1n) is 8.82. The average molecular weight is 418 g/mol. The summed E-state index contributed by atoms with van der Waals surface area (Å²) in [5, 5.41) is 16.2. The molecule has 0 bridgehead atoms. The van der Waals surface area contributed by atoms with E-state index in [4.69, 9.17) is 16.7 Å². The van der Waals surface area contributed by atoms with Gasteiger partial charge in [0.05, 0.1) is 24.1 Å². The molecule has 0 aliphatic carbocycles. The van der Waals surface area contributed by atoms with Gasteiger partial charge >= 0.3 is 5.69 Å². The molecule has 0 saturated carbocycles. The van der Waals surface area contributed by atoms with Crippen LogP contribution in [0.2, 0.25) is 5.02 Å². The summed E-state index contributed by atoms with van der Waals surface area (Å²) in [5.74, 6) is -0.466. The van der Waals surface area contributed by atoms with Crippen LogP contribution in [-0.4, -0.2) is 42.6 Å². The third kappa shape index (κ3) is 4.47. The molecule has 10 heteroatoms. The Labute approximate surface area is 170 Å². The number of aliphatic hydroxyl groups excluding tert-OH is 1. The lowest BCUT2D eigenvalue weighted by Gasteiger charge is -2.14. The van der Waals surface area contributed by atoms with E-state index in [1.54, 1.807) is 38.2 Å². The van der Waals surface area contributed by atoms with Crippen molar-refractivity contribution >= 4 is 17.5 Å². The van der Waals surface area contributed by atoms with Crippen molar-refractivity contribution in [1.29, 1.82) is 0 Å². The SMILES string of the molecule is CC(CO)NC(=O)Cn1cc(-c2ccc(Cl)cc2)c(=O)n(-c2cnn(C)c2)c1=O. The summed E-state index contributed by atoms with van der Waals surface area (Å²) < 4.78 is 3.59. The highest BCUT2D eigenvalue weighted by atomic mass is 35.5. The maximum absolute atomic E-state index is 13.1. The van der Waals surface area contributed by atoms with Gasteiger partial charge in [-0.15, -0.1) is 0 Å². The molecular weight excluding hydrogens is 398 g/mol. The van der Waals surface area contributed by atoms with Crippen LogP contribution in [0.1, 0.15) is 6.92 Å². The molecule has 2 heterocycles. The van der Waals surface area contributed by atoms with Crippen molar-refractivity contribution in [3.63, 3.8) is 0 Å².